The Hall–Kier alpha value is -0.310. The lowest BCUT2D eigenvalue weighted by Crippen LogP contribution is -1.97. The third-order valence-electron chi connectivity index (χ3n) is 1.85. The number of halogens is 1. The highest BCUT2D eigenvalue weighted by molar-refractivity contribution is 9.10. The van der Waals surface area contributed by atoms with E-state index in [1.165, 1.54) is 25.7 Å². The Morgan fingerprint density at radius 3 is 2.83 bits per heavy atom. The van der Waals surface area contributed by atoms with E-state index in [4.69, 9.17) is 0 Å². The summed E-state index contributed by atoms with van der Waals surface area (Å²) in [4.78, 5) is 0. The van der Waals surface area contributed by atoms with Crippen LogP contribution in [-0.2, 0) is 6.54 Å². The predicted molar refractivity (Wildman–Crippen MR) is 54.1 cm³/mol. The first-order valence-electron chi connectivity index (χ1n) is 4.52. The van der Waals surface area contributed by atoms with Crippen LogP contribution >= 0.6 is 15.9 Å². The van der Waals surface area contributed by atoms with Crippen molar-refractivity contribution in [1.29, 1.82) is 0 Å². The summed E-state index contributed by atoms with van der Waals surface area (Å²) in [6.07, 6.45) is 7.19. The molecule has 0 aromatic carbocycles. The van der Waals surface area contributed by atoms with Gasteiger partial charge in [-0.05, 0) is 28.4 Å². The molecular weight excluding hydrogens is 216 g/mol. The van der Waals surface area contributed by atoms with Crippen molar-refractivity contribution in [3.63, 3.8) is 0 Å². The maximum atomic E-state index is 4.24. The van der Waals surface area contributed by atoms with Crippen molar-refractivity contribution in [2.45, 2.75) is 39.2 Å². The molecule has 1 heterocycles. The molecule has 1 rings (SSSR count). The fourth-order valence-electron chi connectivity index (χ4n) is 1.16. The number of rotatable bonds is 5. The van der Waals surface area contributed by atoms with Gasteiger partial charge in [-0.15, -0.1) is 0 Å². The van der Waals surface area contributed by atoms with E-state index in [1.807, 2.05) is 16.9 Å². The van der Waals surface area contributed by atoms with Gasteiger partial charge in [0.2, 0.25) is 0 Å². The van der Waals surface area contributed by atoms with Crippen LogP contribution < -0.4 is 0 Å². The minimum absolute atomic E-state index is 0.929. The summed E-state index contributed by atoms with van der Waals surface area (Å²) in [7, 11) is 0. The molecule has 0 unspecified atom stereocenters. The van der Waals surface area contributed by atoms with Crippen LogP contribution in [0.25, 0.3) is 0 Å². The molecule has 0 amide bonds. The highest BCUT2D eigenvalue weighted by Gasteiger charge is 1.93. The second-order valence-electron chi connectivity index (χ2n) is 2.96. The van der Waals surface area contributed by atoms with Crippen LogP contribution in [0.2, 0.25) is 0 Å². The van der Waals surface area contributed by atoms with Gasteiger partial charge in [0.25, 0.3) is 0 Å². The molecule has 0 spiro atoms. The van der Waals surface area contributed by atoms with E-state index in [0.717, 1.165) is 11.1 Å². The van der Waals surface area contributed by atoms with Crippen LogP contribution in [0.1, 0.15) is 32.6 Å². The summed E-state index contributed by atoms with van der Waals surface area (Å²) in [6, 6.07) is 1.97. The van der Waals surface area contributed by atoms with Crippen LogP contribution in [0.15, 0.2) is 16.9 Å². The van der Waals surface area contributed by atoms with E-state index < -0.39 is 0 Å². The van der Waals surface area contributed by atoms with Crippen LogP contribution in [0.4, 0.5) is 0 Å². The van der Waals surface area contributed by atoms with Crippen molar-refractivity contribution in [3.8, 4) is 0 Å². The van der Waals surface area contributed by atoms with Crippen molar-refractivity contribution in [2.24, 2.45) is 0 Å². The van der Waals surface area contributed by atoms with Gasteiger partial charge < -0.3 is 0 Å². The zero-order chi connectivity index (χ0) is 8.81. The van der Waals surface area contributed by atoms with Crippen LogP contribution in [0.3, 0.4) is 0 Å². The van der Waals surface area contributed by atoms with E-state index in [0.29, 0.717) is 0 Å². The van der Waals surface area contributed by atoms with E-state index in [9.17, 15) is 0 Å². The molecule has 0 N–H and O–H groups in total. The summed E-state index contributed by atoms with van der Waals surface area (Å²) in [5.74, 6) is 0. The van der Waals surface area contributed by atoms with E-state index >= 15 is 0 Å². The van der Waals surface area contributed by atoms with Crippen molar-refractivity contribution < 1.29 is 0 Å². The summed E-state index contributed by atoms with van der Waals surface area (Å²) in [5.41, 5.74) is 0. The summed E-state index contributed by atoms with van der Waals surface area (Å²) in [6.45, 7) is 3.27. The summed E-state index contributed by atoms with van der Waals surface area (Å²) >= 11 is 3.32. The molecule has 0 aliphatic carbocycles. The molecule has 1 aromatic heterocycles. The topological polar surface area (TPSA) is 17.8 Å². The minimum atomic E-state index is 0.929. The normalized spacial score (nSPS) is 10.5. The van der Waals surface area contributed by atoms with E-state index in [1.54, 1.807) is 0 Å². The molecular formula is C9H15BrN2. The van der Waals surface area contributed by atoms with Crippen LogP contribution in [-0.4, -0.2) is 9.78 Å². The third-order valence-corrected chi connectivity index (χ3v) is 2.27. The van der Waals surface area contributed by atoms with Gasteiger partial charge in [-0.2, -0.15) is 5.10 Å². The Labute approximate surface area is 82.1 Å². The number of hydrogen-bond donors (Lipinski definition) is 0. The fourth-order valence-corrected chi connectivity index (χ4v) is 1.48. The average Bonchev–Trinajstić information content (AvgIpc) is 2.45. The lowest BCUT2D eigenvalue weighted by Gasteiger charge is -1.99. The number of hydrogen-bond acceptors (Lipinski definition) is 1. The fraction of sp³-hybridized carbons (Fsp3) is 0.667. The Kier molecular flexibility index (Phi) is 4.36. The molecule has 0 bridgehead atoms. The second-order valence-corrected chi connectivity index (χ2v) is 3.77. The molecule has 0 saturated carbocycles. The van der Waals surface area contributed by atoms with Crippen molar-refractivity contribution in [2.75, 3.05) is 0 Å². The maximum Gasteiger partial charge on any atom is 0.128 e. The Bertz CT molecular complexity index is 220. The molecule has 0 atom stereocenters. The molecule has 0 saturated heterocycles. The largest absolute Gasteiger partial charge is 0.272 e. The number of aryl methyl sites for hydroxylation is 1. The lowest BCUT2D eigenvalue weighted by atomic mass is 10.2. The average molecular weight is 231 g/mol. The molecule has 2 nitrogen and oxygen atoms in total. The standard InChI is InChI=1S/C9H15BrN2/c1-2-3-4-5-7-12-8-6-9(10)11-12/h6,8H,2-5,7H2,1H3. The first-order chi connectivity index (χ1) is 5.83. The van der Waals surface area contributed by atoms with Gasteiger partial charge in [0.1, 0.15) is 4.60 Å². The Morgan fingerprint density at radius 1 is 1.42 bits per heavy atom. The zero-order valence-corrected chi connectivity index (χ0v) is 9.05. The number of aromatic nitrogens is 2. The molecule has 12 heavy (non-hydrogen) atoms. The van der Waals surface area contributed by atoms with E-state index in [2.05, 4.69) is 28.0 Å². The van der Waals surface area contributed by atoms with Crippen LogP contribution in [0.5, 0.6) is 0 Å². The molecule has 0 radical (unpaired) electrons. The van der Waals surface area contributed by atoms with E-state index in [-0.39, 0.29) is 0 Å². The molecule has 3 heteroatoms. The molecule has 68 valence electrons. The van der Waals surface area contributed by atoms with Gasteiger partial charge in [-0.1, -0.05) is 26.2 Å². The molecule has 0 aliphatic rings. The monoisotopic (exact) mass is 230 g/mol. The molecule has 0 fully saturated rings. The minimum Gasteiger partial charge on any atom is -0.272 e. The van der Waals surface area contributed by atoms with Gasteiger partial charge in [0.05, 0.1) is 0 Å². The van der Waals surface area contributed by atoms with Crippen molar-refractivity contribution >= 4 is 15.9 Å². The summed E-state index contributed by atoms with van der Waals surface area (Å²) < 4.78 is 2.91. The Balaban J connectivity index is 2.15. The third kappa shape index (κ3) is 3.39. The molecule has 0 aliphatic heterocycles. The second kappa shape index (κ2) is 5.36. The van der Waals surface area contributed by atoms with Gasteiger partial charge in [-0.3, -0.25) is 4.68 Å². The quantitative estimate of drug-likeness (QED) is 0.711. The highest BCUT2D eigenvalue weighted by Crippen LogP contribution is 2.06. The van der Waals surface area contributed by atoms with Crippen molar-refractivity contribution in [1.82, 2.24) is 9.78 Å². The first kappa shape index (κ1) is 9.78. The number of unbranched alkanes of at least 4 members (excludes halogenated alkanes) is 3. The molecule has 1 aromatic rings. The van der Waals surface area contributed by atoms with Crippen LogP contribution in [0, 0.1) is 0 Å². The smallest absolute Gasteiger partial charge is 0.128 e. The van der Waals surface area contributed by atoms with Gasteiger partial charge in [0.15, 0.2) is 0 Å². The van der Waals surface area contributed by atoms with Gasteiger partial charge in [0, 0.05) is 12.7 Å². The zero-order valence-electron chi connectivity index (χ0n) is 7.46. The summed E-state index contributed by atoms with van der Waals surface area (Å²) in [5, 5.41) is 4.24. The maximum absolute atomic E-state index is 4.24. The number of nitrogens with zero attached hydrogens (tertiary/aromatic N) is 2. The predicted octanol–water partition coefficient (Wildman–Crippen LogP) is 3.23. The Morgan fingerprint density at radius 2 is 2.25 bits per heavy atom. The SMILES string of the molecule is CCCCCCn1ccc(Br)n1. The van der Waals surface area contributed by atoms with Gasteiger partial charge >= 0.3 is 0 Å². The highest BCUT2D eigenvalue weighted by atomic mass is 79.9. The lowest BCUT2D eigenvalue weighted by molar-refractivity contribution is 0.539. The van der Waals surface area contributed by atoms with Gasteiger partial charge in [-0.25, -0.2) is 0 Å². The van der Waals surface area contributed by atoms with Crippen molar-refractivity contribution in [3.05, 3.63) is 16.9 Å². The first-order valence-corrected chi connectivity index (χ1v) is 5.31.